The second-order valence-electron chi connectivity index (χ2n) is 10.8. The Hall–Kier alpha value is -3.99. The molecule has 1 fully saturated rings. The molecule has 0 bridgehead atoms. The summed E-state index contributed by atoms with van der Waals surface area (Å²) < 4.78 is 12.2. The standard InChI is InChI=1S/C28H36N4O6Si/c1-28(2,3)39(4,5)32-23(19-33)22(24(32)34)17-12-18-29-25(30-26(35)37-20-13-8-6-9-14-20)31-27(36)38-21-15-10-7-11-16-21/h6-11,13-16,19,22-23H,12,17-18H2,1-5H3,(H2,29,30,31,35,36)/t22-,23+/m1/s1. The molecule has 0 unspecified atom stereocenters. The molecule has 3 amide bonds. The number of β-lactam (4-membered cyclic amide) rings is 1. The van der Waals surface area contributed by atoms with Gasteiger partial charge in [0.25, 0.3) is 0 Å². The van der Waals surface area contributed by atoms with Gasteiger partial charge < -0.3 is 18.8 Å². The summed E-state index contributed by atoms with van der Waals surface area (Å²) in [5.41, 5.74) is 0. The summed E-state index contributed by atoms with van der Waals surface area (Å²) in [7, 11) is -2.18. The minimum Gasteiger partial charge on any atom is -0.410 e. The van der Waals surface area contributed by atoms with Crippen LogP contribution in [0.25, 0.3) is 0 Å². The van der Waals surface area contributed by atoms with Crippen LogP contribution >= 0.6 is 0 Å². The summed E-state index contributed by atoms with van der Waals surface area (Å²) in [6.07, 6.45) is 0.0807. The Morgan fingerprint density at radius 3 is 1.87 bits per heavy atom. The lowest BCUT2D eigenvalue weighted by molar-refractivity contribution is -0.151. The van der Waals surface area contributed by atoms with Crippen LogP contribution in [0.5, 0.6) is 11.5 Å². The fraction of sp³-hybridized carbons (Fsp3) is 0.393. The smallest absolute Gasteiger partial charge is 0.410 e. The van der Waals surface area contributed by atoms with E-state index in [-0.39, 0.29) is 23.4 Å². The molecule has 2 N–H and O–H groups in total. The van der Waals surface area contributed by atoms with E-state index in [4.69, 9.17) is 9.47 Å². The van der Waals surface area contributed by atoms with Crippen LogP contribution < -0.4 is 20.1 Å². The maximum absolute atomic E-state index is 13.0. The lowest BCUT2D eigenvalue weighted by Gasteiger charge is -2.56. The van der Waals surface area contributed by atoms with E-state index in [1.807, 2.05) is 4.57 Å². The van der Waals surface area contributed by atoms with Crippen molar-refractivity contribution in [1.29, 1.82) is 0 Å². The summed E-state index contributed by atoms with van der Waals surface area (Å²) in [4.78, 5) is 54.0. The van der Waals surface area contributed by atoms with Crippen LogP contribution in [-0.2, 0) is 9.59 Å². The van der Waals surface area contributed by atoms with Gasteiger partial charge in [-0.1, -0.05) is 70.3 Å². The number of carbonyl (C=O) groups is 4. The lowest BCUT2D eigenvalue weighted by atomic mass is 9.87. The van der Waals surface area contributed by atoms with Crippen molar-refractivity contribution >= 4 is 38.6 Å². The summed E-state index contributed by atoms with van der Waals surface area (Å²) in [5, 5.41) is 4.77. The zero-order valence-electron chi connectivity index (χ0n) is 23.0. The fourth-order valence-corrected chi connectivity index (χ4v) is 6.50. The number of amides is 3. The summed E-state index contributed by atoms with van der Waals surface area (Å²) in [6, 6.07) is 16.4. The molecule has 0 radical (unpaired) electrons. The summed E-state index contributed by atoms with van der Waals surface area (Å²) in [5.74, 6) is 0.0674. The number of benzene rings is 2. The van der Waals surface area contributed by atoms with E-state index < -0.39 is 32.4 Å². The van der Waals surface area contributed by atoms with Crippen LogP contribution in [0.2, 0.25) is 18.1 Å². The van der Waals surface area contributed by atoms with E-state index in [1.54, 1.807) is 60.7 Å². The molecular formula is C28H36N4O6Si. The number of hydrogen-bond acceptors (Lipinski definition) is 7. The molecule has 11 heteroatoms. The Balaban J connectivity index is 1.62. The third-order valence-corrected chi connectivity index (χ3v) is 12.5. The number of rotatable bonds is 8. The van der Waals surface area contributed by atoms with Gasteiger partial charge >= 0.3 is 12.2 Å². The van der Waals surface area contributed by atoms with Crippen molar-refractivity contribution in [2.75, 3.05) is 6.54 Å². The Kier molecular flexibility index (Phi) is 9.63. The Labute approximate surface area is 229 Å². The van der Waals surface area contributed by atoms with Crippen molar-refractivity contribution in [3.05, 3.63) is 60.7 Å². The van der Waals surface area contributed by atoms with Crippen LogP contribution in [0, 0.1) is 5.92 Å². The zero-order valence-corrected chi connectivity index (χ0v) is 24.0. The topological polar surface area (TPSA) is 126 Å². The number of nitrogens with one attached hydrogen (secondary N) is 2. The van der Waals surface area contributed by atoms with Gasteiger partial charge in [-0.2, -0.15) is 0 Å². The highest BCUT2D eigenvalue weighted by Gasteiger charge is 2.56. The molecule has 10 nitrogen and oxygen atoms in total. The van der Waals surface area contributed by atoms with E-state index in [0.29, 0.717) is 24.3 Å². The molecule has 0 aromatic heterocycles. The van der Waals surface area contributed by atoms with E-state index in [0.717, 1.165) is 6.29 Å². The summed E-state index contributed by atoms with van der Waals surface area (Å²) in [6.45, 7) is 10.7. The van der Waals surface area contributed by atoms with E-state index in [1.165, 1.54) is 0 Å². The van der Waals surface area contributed by atoms with Crippen molar-refractivity contribution in [2.24, 2.45) is 10.9 Å². The fourth-order valence-electron chi connectivity index (χ4n) is 4.08. The first-order valence-corrected chi connectivity index (χ1v) is 15.8. The highest BCUT2D eigenvalue weighted by Crippen LogP contribution is 2.45. The van der Waals surface area contributed by atoms with Gasteiger partial charge in [-0.25, -0.2) is 9.59 Å². The van der Waals surface area contributed by atoms with Crippen LogP contribution in [0.4, 0.5) is 9.59 Å². The molecule has 0 spiro atoms. The third-order valence-electron chi connectivity index (χ3n) is 7.13. The molecule has 1 heterocycles. The number of guanidine groups is 1. The van der Waals surface area contributed by atoms with Gasteiger partial charge in [-0.3, -0.25) is 20.4 Å². The van der Waals surface area contributed by atoms with Gasteiger partial charge in [0, 0.05) is 6.54 Å². The molecule has 208 valence electrons. The number of hydrogen-bond donors (Lipinski definition) is 2. The molecule has 1 aliphatic heterocycles. The van der Waals surface area contributed by atoms with Gasteiger partial charge in [-0.05, 0) is 42.1 Å². The van der Waals surface area contributed by atoms with Crippen molar-refractivity contribution in [2.45, 2.75) is 57.8 Å². The number of aldehydes is 1. The van der Waals surface area contributed by atoms with Gasteiger partial charge in [-0.15, -0.1) is 0 Å². The first-order chi connectivity index (χ1) is 18.4. The minimum atomic E-state index is -2.18. The van der Waals surface area contributed by atoms with Crippen LogP contribution in [0.15, 0.2) is 65.7 Å². The summed E-state index contributed by atoms with van der Waals surface area (Å²) >= 11 is 0. The second-order valence-corrected chi connectivity index (χ2v) is 15.9. The largest absolute Gasteiger partial charge is 0.419 e. The first-order valence-electron chi connectivity index (χ1n) is 12.8. The van der Waals surface area contributed by atoms with Gasteiger partial charge in [0.15, 0.2) is 8.24 Å². The van der Waals surface area contributed by atoms with Crippen molar-refractivity contribution in [1.82, 2.24) is 15.2 Å². The van der Waals surface area contributed by atoms with E-state index in [2.05, 4.69) is 49.5 Å². The molecule has 39 heavy (non-hydrogen) atoms. The average molecular weight is 553 g/mol. The second kappa shape index (κ2) is 12.7. The highest BCUT2D eigenvalue weighted by atomic mass is 28.3. The molecule has 1 saturated heterocycles. The quantitative estimate of drug-likeness (QED) is 0.122. The molecule has 1 aliphatic rings. The van der Waals surface area contributed by atoms with Crippen LogP contribution in [0.1, 0.15) is 33.6 Å². The van der Waals surface area contributed by atoms with Crippen molar-refractivity contribution < 1.29 is 28.7 Å². The van der Waals surface area contributed by atoms with Crippen molar-refractivity contribution in [3.8, 4) is 11.5 Å². The Morgan fingerprint density at radius 1 is 0.949 bits per heavy atom. The Morgan fingerprint density at radius 2 is 1.44 bits per heavy atom. The van der Waals surface area contributed by atoms with Crippen LogP contribution in [0.3, 0.4) is 0 Å². The molecule has 0 saturated carbocycles. The molecule has 2 aromatic carbocycles. The molecule has 2 atom stereocenters. The highest BCUT2D eigenvalue weighted by molar-refractivity contribution is 6.80. The van der Waals surface area contributed by atoms with E-state index >= 15 is 0 Å². The third kappa shape index (κ3) is 7.53. The number of carbonyl (C=O) groups excluding carboxylic acids is 4. The zero-order chi connectivity index (χ0) is 28.6. The van der Waals surface area contributed by atoms with Gasteiger partial charge in [0.05, 0.1) is 12.0 Å². The minimum absolute atomic E-state index is 0.00276. The molecule has 0 aliphatic carbocycles. The maximum atomic E-state index is 13.0. The van der Waals surface area contributed by atoms with Gasteiger partial charge in [0.1, 0.15) is 17.8 Å². The predicted molar refractivity (Wildman–Crippen MR) is 150 cm³/mol. The predicted octanol–water partition coefficient (Wildman–Crippen LogP) is 4.73. The number of para-hydroxylation sites is 2. The van der Waals surface area contributed by atoms with Crippen molar-refractivity contribution in [3.63, 3.8) is 0 Å². The van der Waals surface area contributed by atoms with E-state index in [9.17, 15) is 19.2 Å². The normalized spacial score (nSPS) is 16.9. The molecular weight excluding hydrogens is 516 g/mol. The maximum Gasteiger partial charge on any atom is 0.419 e. The Bertz CT molecular complexity index is 1140. The van der Waals surface area contributed by atoms with Gasteiger partial charge in [0.2, 0.25) is 11.9 Å². The lowest BCUT2D eigenvalue weighted by Crippen LogP contribution is -2.73. The van der Waals surface area contributed by atoms with Crippen LogP contribution in [-0.4, -0.2) is 55.7 Å². The SMILES string of the molecule is CC(C)(C)[Si](C)(C)N1C(=O)[C@H](CCCN=C(NC(=O)Oc2ccccc2)NC(=O)Oc2ccccc2)[C@@H]1C=O. The molecule has 2 aromatic rings. The molecule has 3 rings (SSSR count). The average Bonchev–Trinajstić information content (AvgIpc) is 2.86. The number of aliphatic imine (C=N–C) groups is 1. The first kappa shape index (κ1) is 29.6. The monoisotopic (exact) mass is 552 g/mol. The number of nitrogens with zero attached hydrogens (tertiary/aromatic N) is 2. The number of ether oxygens (including phenoxy) is 2.